The van der Waals surface area contributed by atoms with Crippen molar-refractivity contribution >= 4 is 51.1 Å². The summed E-state index contributed by atoms with van der Waals surface area (Å²) in [5.41, 5.74) is -1.55. The van der Waals surface area contributed by atoms with Crippen LogP contribution in [0.1, 0.15) is 22.3 Å². The number of fused-ring (bicyclic) bond motifs is 3. The van der Waals surface area contributed by atoms with Crippen LogP contribution in [0.3, 0.4) is 0 Å². The normalized spacial score (nSPS) is 17.9. The Hall–Kier alpha value is -3.75. The van der Waals surface area contributed by atoms with E-state index in [1.165, 1.54) is 24.3 Å². The lowest BCUT2D eigenvalue weighted by molar-refractivity contribution is -0.139. The molecule has 5 rings (SSSR count). The van der Waals surface area contributed by atoms with Crippen molar-refractivity contribution in [2.75, 3.05) is 41.9 Å². The highest BCUT2D eigenvalue weighted by Gasteiger charge is 2.41. The van der Waals surface area contributed by atoms with Gasteiger partial charge in [-0.15, -0.1) is 0 Å². The molecule has 2 aliphatic heterocycles. The zero-order chi connectivity index (χ0) is 32.0. The lowest BCUT2D eigenvalue weighted by Crippen LogP contribution is -2.61. The van der Waals surface area contributed by atoms with Gasteiger partial charge in [0.05, 0.1) is 46.5 Å². The number of alkyl halides is 6. The average Bonchev–Trinajstić information content (AvgIpc) is 2.94. The number of hydrogen-bond acceptors (Lipinski definition) is 5. The molecule has 0 amide bonds. The van der Waals surface area contributed by atoms with Crippen molar-refractivity contribution in [3.63, 3.8) is 0 Å². The van der Waals surface area contributed by atoms with Crippen LogP contribution in [-0.2, 0) is 27.2 Å². The van der Waals surface area contributed by atoms with Crippen molar-refractivity contribution in [1.82, 2.24) is 4.90 Å². The standard InChI is InChI=1S/C29H24ClF6N3O4S/c30-24-6-2-5-23(29(34,35)36)22(24)9-7-18-8-10-25-26(13-18)39(16-20-15-37(17-27(40)41)11-12-38(20)25)44(42,43)21-4-1-3-19(14-21)28(31,32)33/h1-10,13-14,20H,11-12,15-17H2,(H,40,41)/b9-7+/t20-/m1/s1. The Labute approximate surface area is 253 Å². The highest BCUT2D eigenvalue weighted by Crippen LogP contribution is 2.42. The van der Waals surface area contributed by atoms with Crippen molar-refractivity contribution in [3.05, 3.63) is 87.9 Å². The van der Waals surface area contributed by atoms with Gasteiger partial charge in [-0.3, -0.25) is 14.0 Å². The van der Waals surface area contributed by atoms with Gasteiger partial charge in [0.1, 0.15) is 0 Å². The Morgan fingerprint density at radius 2 is 1.64 bits per heavy atom. The molecule has 0 saturated carbocycles. The first-order chi connectivity index (χ1) is 20.6. The highest BCUT2D eigenvalue weighted by molar-refractivity contribution is 7.92. The number of anilines is 2. The number of aliphatic carboxylic acids is 1. The van der Waals surface area contributed by atoms with Gasteiger partial charge >= 0.3 is 18.3 Å². The molecule has 234 valence electrons. The van der Waals surface area contributed by atoms with Crippen molar-refractivity contribution < 1.29 is 44.7 Å². The minimum atomic E-state index is -4.80. The third kappa shape index (κ3) is 6.37. The van der Waals surface area contributed by atoms with Crippen LogP contribution in [0.15, 0.2) is 65.6 Å². The summed E-state index contributed by atoms with van der Waals surface area (Å²) in [6.07, 6.45) is -6.99. The predicted octanol–water partition coefficient (Wildman–Crippen LogP) is 6.33. The maximum atomic E-state index is 13.9. The molecule has 0 radical (unpaired) electrons. The van der Waals surface area contributed by atoms with Gasteiger partial charge < -0.3 is 10.0 Å². The third-order valence-corrected chi connectivity index (χ3v) is 9.54. The van der Waals surface area contributed by atoms with E-state index < -0.39 is 50.4 Å². The molecule has 1 fully saturated rings. The molecule has 0 aromatic heterocycles. The number of hydrogen-bond donors (Lipinski definition) is 1. The summed E-state index contributed by atoms with van der Waals surface area (Å²) in [7, 11) is -4.59. The van der Waals surface area contributed by atoms with Crippen molar-refractivity contribution in [1.29, 1.82) is 0 Å². The van der Waals surface area contributed by atoms with E-state index in [0.29, 0.717) is 30.4 Å². The lowest BCUT2D eigenvalue weighted by Gasteiger charge is -2.48. The molecule has 0 unspecified atom stereocenters. The van der Waals surface area contributed by atoms with E-state index in [9.17, 15) is 44.7 Å². The number of benzene rings is 3. The second-order valence-electron chi connectivity index (χ2n) is 10.3. The van der Waals surface area contributed by atoms with Gasteiger partial charge in [0, 0.05) is 30.2 Å². The van der Waals surface area contributed by atoms with Gasteiger partial charge in [-0.25, -0.2) is 8.42 Å². The summed E-state index contributed by atoms with van der Waals surface area (Å²) in [4.78, 5) is 14.3. The first-order valence-corrected chi connectivity index (χ1v) is 15.0. The molecule has 7 nitrogen and oxygen atoms in total. The summed E-state index contributed by atoms with van der Waals surface area (Å²) >= 11 is 6.07. The van der Waals surface area contributed by atoms with Gasteiger partial charge in [-0.1, -0.05) is 42.0 Å². The molecular formula is C29H24ClF6N3O4S. The van der Waals surface area contributed by atoms with Crippen LogP contribution in [-0.4, -0.2) is 63.2 Å². The molecule has 1 N–H and O–H groups in total. The minimum Gasteiger partial charge on any atom is -0.480 e. The fraction of sp³-hybridized carbons (Fsp3) is 0.276. The average molecular weight is 660 g/mol. The number of carbonyl (C=O) groups is 1. The summed E-state index contributed by atoms with van der Waals surface area (Å²) in [5.74, 6) is -1.06. The Morgan fingerprint density at radius 1 is 0.909 bits per heavy atom. The number of sulfonamides is 1. The van der Waals surface area contributed by atoms with Gasteiger partial charge in [0.15, 0.2) is 0 Å². The lowest BCUT2D eigenvalue weighted by atomic mass is 10.0. The highest BCUT2D eigenvalue weighted by atomic mass is 35.5. The maximum absolute atomic E-state index is 13.9. The van der Waals surface area contributed by atoms with E-state index in [0.717, 1.165) is 34.6 Å². The van der Waals surface area contributed by atoms with E-state index in [1.54, 1.807) is 17.0 Å². The molecule has 1 atom stereocenters. The first kappa shape index (κ1) is 31.7. The Morgan fingerprint density at radius 3 is 2.32 bits per heavy atom. The minimum absolute atomic E-state index is 0.114. The number of nitrogens with zero attached hydrogens (tertiary/aromatic N) is 3. The molecule has 3 aromatic carbocycles. The quantitative estimate of drug-likeness (QED) is 0.246. The van der Waals surface area contributed by atoms with Crippen LogP contribution in [0.5, 0.6) is 0 Å². The topological polar surface area (TPSA) is 81.2 Å². The summed E-state index contributed by atoms with van der Waals surface area (Å²) in [5, 5.41) is 9.10. The molecular weight excluding hydrogens is 636 g/mol. The second-order valence-corrected chi connectivity index (χ2v) is 12.6. The Bertz CT molecular complexity index is 1730. The Balaban J connectivity index is 1.59. The zero-order valence-corrected chi connectivity index (χ0v) is 24.2. The van der Waals surface area contributed by atoms with E-state index in [4.69, 9.17) is 11.6 Å². The number of carboxylic acids is 1. The monoisotopic (exact) mass is 659 g/mol. The summed E-state index contributed by atoms with van der Waals surface area (Å²) < 4.78 is 110. The second kappa shape index (κ2) is 11.6. The zero-order valence-electron chi connectivity index (χ0n) is 22.6. The third-order valence-electron chi connectivity index (χ3n) is 7.43. The number of carboxylic acid groups (broad SMARTS) is 1. The summed E-state index contributed by atoms with van der Waals surface area (Å²) in [6, 6.07) is 10.7. The van der Waals surface area contributed by atoms with Crippen molar-refractivity contribution in [2.45, 2.75) is 23.3 Å². The number of halogens is 7. The smallest absolute Gasteiger partial charge is 0.417 e. The van der Waals surface area contributed by atoms with Crippen molar-refractivity contribution in [3.8, 4) is 0 Å². The van der Waals surface area contributed by atoms with Gasteiger partial charge in [0.25, 0.3) is 10.0 Å². The SMILES string of the molecule is O=C(O)CN1CCN2c3ccc(/C=C/c4c(Cl)cccc4C(F)(F)F)cc3N(S(=O)(=O)c3cccc(C(F)(F)F)c3)C[C@H]2C1. The van der Waals surface area contributed by atoms with E-state index in [-0.39, 0.29) is 35.9 Å². The van der Waals surface area contributed by atoms with Crippen molar-refractivity contribution in [2.24, 2.45) is 0 Å². The van der Waals surface area contributed by atoms with Crippen LogP contribution in [0.25, 0.3) is 12.2 Å². The van der Waals surface area contributed by atoms with E-state index in [2.05, 4.69) is 0 Å². The van der Waals surface area contributed by atoms with Crippen LogP contribution in [0.4, 0.5) is 37.7 Å². The fourth-order valence-electron chi connectivity index (χ4n) is 5.43. The summed E-state index contributed by atoms with van der Waals surface area (Å²) in [6.45, 7) is 0.388. The predicted molar refractivity (Wildman–Crippen MR) is 153 cm³/mol. The van der Waals surface area contributed by atoms with Gasteiger partial charge in [-0.05, 0) is 48.0 Å². The van der Waals surface area contributed by atoms with Gasteiger partial charge in [-0.2, -0.15) is 26.3 Å². The fourth-order valence-corrected chi connectivity index (χ4v) is 7.22. The van der Waals surface area contributed by atoms with E-state index >= 15 is 0 Å². The van der Waals surface area contributed by atoms with Crippen LogP contribution in [0.2, 0.25) is 5.02 Å². The molecule has 2 heterocycles. The molecule has 15 heteroatoms. The molecule has 2 aliphatic rings. The number of rotatable bonds is 6. The Kier molecular flexibility index (Phi) is 8.37. The number of piperazine rings is 1. The molecule has 3 aromatic rings. The molecule has 1 saturated heterocycles. The molecule has 0 spiro atoms. The molecule has 0 aliphatic carbocycles. The van der Waals surface area contributed by atoms with Gasteiger partial charge in [0.2, 0.25) is 0 Å². The largest absolute Gasteiger partial charge is 0.480 e. The molecule has 44 heavy (non-hydrogen) atoms. The van der Waals surface area contributed by atoms with Crippen LogP contribution < -0.4 is 9.21 Å². The molecule has 0 bridgehead atoms. The van der Waals surface area contributed by atoms with Crippen LogP contribution in [0, 0.1) is 0 Å². The van der Waals surface area contributed by atoms with Crippen LogP contribution >= 0.6 is 11.6 Å². The first-order valence-electron chi connectivity index (χ1n) is 13.1. The maximum Gasteiger partial charge on any atom is 0.417 e. The van der Waals surface area contributed by atoms with E-state index in [1.807, 2.05) is 4.90 Å².